The fourth-order valence-electron chi connectivity index (χ4n) is 8.75. The van der Waals surface area contributed by atoms with Crippen molar-refractivity contribution in [2.75, 3.05) is 24.6 Å². The third kappa shape index (κ3) is 7.32. The van der Waals surface area contributed by atoms with Crippen LogP contribution in [0.1, 0.15) is 42.9 Å². The number of nitrogens with one attached hydrogen (secondary N) is 1. The second-order valence-electron chi connectivity index (χ2n) is 14.6. The van der Waals surface area contributed by atoms with E-state index in [-0.39, 0.29) is 37.7 Å². The van der Waals surface area contributed by atoms with E-state index >= 15 is 9.59 Å². The lowest BCUT2D eigenvalue weighted by Gasteiger charge is -2.39. The summed E-state index contributed by atoms with van der Waals surface area (Å²) in [6.45, 7) is 7.40. The van der Waals surface area contributed by atoms with Crippen molar-refractivity contribution in [3.8, 4) is 0 Å². The summed E-state index contributed by atoms with van der Waals surface area (Å²) in [4.78, 5) is 60.4. The fourth-order valence-corrected chi connectivity index (χ4v) is 8.75. The maximum absolute atomic E-state index is 15.2. The predicted octanol–water partition coefficient (Wildman–Crippen LogP) is 5.70. The molecular formula is C45H47N3O7. The zero-order valence-electron chi connectivity index (χ0n) is 30.8. The molecule has 284 valence electrons. The molecule has 0 radical (unpaired) electrons. The molecule has 4 aromatic rings. The smallest absolute Gasteiger partial charge is 0.313 e. The summed E-state index contributed by atoms with van der Waals surface area (Å²) in [5.41, 5.74) is 0.854. The molecule has 0 aliphatic carbocycles. The van der Waals surface area contributed by atoms with Gasteiger partial charge in [-0.25, -0.2) is 0 Å². The Kier molecular flexibility index (Phi) is 11.3. The minimum absolute atomic E-state index is 0.0346. The highest BCUT2D eigenvalue weighted by Gasteiger charge is 2.75. The molecule has 3 aliphatic rings. The van der Waals surface area contributed by atoms with Gasteiger partial charge in [0, 0.05) is 18.7 Å². The Morgan fingerprint density at radius 3 is 2.38 bits per heavy atom. The first-order valence-corrected chi connectivity index (χ1v) is 19.0. The average molecular weight is 742 g/mol. The zero-order chi connectivity index (χ0) is 38.5. The Hall–Kier alpha value is -5.58. The van der Waals surface area contributed by atoms with Gasteiger partial charge in [-0.3, -0.25) is 19.2 Å². The summed E-state index contributed by atoms with van der Waals surface area (Å²) >= 11 is 0. The number of ether oxygens (including phenoxy) is 2. The van der Waals surface area contributed by atoms with Crippen molar-refractivity contribution >= 4 is 40.2 Å². The number of aliphatic hydroxyl groups is 1. The molecule has 10 nitrogen and oxygen atoms in total. The number of rotatable bonds is 16. The molecule has 10 heteroatoms. The highest BCUT2D eigenvalue weighted by molar-refractivity contribution is 6.05. The van der Waals surface area contributed by atoms with Gasteiger partial charge >= 0.3 is 5.97 Å². The minimum Gasteiger partial charge on any atom is -0.455 e. The molecule has 0 unspecified atom stereocenters. The molecule has 3 fully saturated rings. The van der Waals surface area contributed by atoms with Gasteiger partial charge in [0.15, 0.2) is 0 Å². The van der Waals surface area contributed by atoms with E-state index in [1.54, 1.807) is 17.1 Å². The number of allylic oxidation sites excluding steroid dienone is 1. The summed E-state index contributed by atoms with van der Waals surface area (Å²) in [5, 5.41) is 15.8. The number of carbonyl (C=O) groups is 4. The van der Waals surface area contributed by atoms with Gasteiger partial charge in [-0.1, -0.05) is 103 Å². The molecular weight excluding hydrogens is 695 g/mol. The Labute approximate surface area is 321 Å². The topological polar surface area (TPSA) is 125 Å². The number of benzene rings is 4. The maximum atomic E-state index is 15.2. The van der Waals surface area contributed by atoms with Crippen LogP contribution < -0.4 is 10.2 Å². The van der Waals surface area contributed by atoms with Gasteiger partial charge in [-0.2, -0.15) is 0 Å². The summed E-state index contributed by atoms with van der Waals surface area (Å²) in [6, 6.07) is 30.3. The molecule has 1 spiro atoms. The van der Waals surface area contributed by atoms with E-state index in [0.29, 0.717) is 30.5 Å². The standard InChI is InChI=1S/C45H47N3O7/c1-3-5-20-38(50)46-28-37(32-17-10-7-11-18-32)54-44(53)39-36-23-24-45(55-36)40(39)42(51)48(35(29-49)26-30-14-8-6-9-15-30)41(45)43(52)47(25-4-2)34-22-21-31-16-12-13-19-33(31)27-34/h3-4,6-19,21-22,27,35-37,39-41,49H,1-2,5,20,23-26,28-29H2,(H,46,50)/t35-,36+,37+,39-,40-,41+,45-/m1/s1. The summed E-state index contributed by atoms with van der Waals surface area (Å²) < 4.78 is 13.0. The van der Waals surface area contributed by atoms with Crippen LogP contribution >= 0.6 is 0 Å². The van der Waals surface area contributed by atoms with Crippen LogP contribution in [0.15, 0.2) is 128 Å². The van der Waals surface area contributed by atoms with Crippen LogP contribution in [-0.2, 0) is 35.1 Å². The van der Waals surface area contributed by atoms with Crippen LogP contribution in [0.3, 0.4) is 0 Å². The van der Waals surface area contributed by atoms with E-state index in [1.807, 2.05) is 103 Å². The number of esters is 1. The van der Waals surface area contributed by atoms with E-state index < -0.39 is 60.2 Å². The molecule has 55 heavy (non-hydrogen) atoms. The monoisotopic (exact) mass is 741 g/mol. The molecule has 2 N–H and O–H groups in total. The number of likely N-dealkylation sites (tertiary alicyclic amines) is 1. The number of hydrogen-bond donors (Lipinski definition) is 2. The highest BCUT2D eigenvalue weighted by atomic mass is 16.6. The van der Waals surface area contributed by atoms with Gasteiger partial charge in [0.1, 0.15) is 17.7 Å². The van der Waals surface area contributed by atoms with E-state index in [9.17, 15) is 14.7 Å². The second kappa shape index (κ2) is 16.4. The largest absolute Gasteiger partial charge is 0.455 e. The quantitative estimate of drug-likeness (QED) is 0.112. The van der Waals surface area contributed by atoms with Gasteiger partial charge < -0.3 is 29.7 Å². The van der Waals surface area contributed by atoms with Crippen LogP contribution in [0, 0.1) is 11.8 Å². The van der Waals surface area contributed by atoms with Crippen molar-refractivity contribution in [1.82, 2.24) is 10.2 Å². The van der Waals surface area contributed by atoms with Gasteiger partial charge in [0.25, 0.3) is 5.91 Å². The minimum atomic E-state index is -1.34. The molecule has 3 saturated heterocycles. The lowest BCUT2D eigenvalue weighted by molar-refractivity contribution is -0.161. The highest BCUT2D eigenvalue weighted by Crippen LogP contribution is 2.59. The van der Waals surface area contributed by atoms with Crippen LogP contribution in [0.25, 0.3) is 10.8 Å². The Morgan fingerprint density at radius 2 is 1.67 bits per heavy atom. The van der Waals surface area contributed by atoms with Crippen molar-refractivity contribution in [2.45, 2.75) is 62.0 Å². The third-order valence-electron chi connectivity index (χ3n) is 11.3. The van der Waals surface area contributed by atoms with E-state index in [1.165, 1.54) is 4.90 Å². The van der Waals surface area contributed by atoms with E-state index in [0.717, 1.165) is 16.3 Å². The molecule has 0 aromatic heterocycles. The second-order valence-corrected chi connectivity index (χ2v) is 14.6. The molecule has 3 amide bonds. The number of amides is 3. The van der Waals surface area contributed by atoms with Gasteiger partial charge in [0.05, 0.1) is 37.1 Å². The first-order chi connectivity index (χ1) is 26.8. The Balaban J connectivity index is 1.25. The first-order valence-electron chi connectivity index (χ1n) is 19.0. The summed E-state index contributed by atoms with van der Waals surface area (Å²) in [7, 11) is 0. The zero-order valence-corrected chi connectivity index (χ0v) is 30.8. The van der Waals surface area contributed by atoms with Crippen LogP contribution in [0.5, 0.6) is 0 Å². The van der Waals surface area contributed by atoms with Gasteiger partial charge in [0.2, 0.25) is 11.8 Å². The number of hydrogen-bond acceptors (Lipinski definition) is 7. The van der Waals surface area contributed by atoms with Crippen molar-refractivity contribution in [3.63, 3.8) is 0 Å². The SMILES string of the molecule is C=CCCC(=O)NC[C@H](OC(=O)[C@@H]1[C@@H]2CC[C@]3(O2)[C@H](C(=O)N(CC=C)c2ccc4ccccc4c2)N([C@@H](CO)Cc2ccccc2)C(=O)[C@@H]13)c1ccccc1. The molecule has 3 aliphatic heterocycles. The fraction of sp³-hybridized carbons (Fsp3) is 0.333. The average Bonchev–Trinajstić information content (AvgIpc) is 3.87. The number of anilines is 1. The van der Waals surface area contributed by atoms with Crippen molar-refractivity contribution in [2.24, 2.45) is 11.8 Å². The lowest BCUT2D eigenvalue weighted by Crippen LogP contribution is -2.59. The normalized spacial score (nSPS) is 23.5. The number of fused-ring (bicyclic) bond motifs is 2. The molecule has 4 aromatic carbocycles. The number of carbonyl (C=O) groups excluding carboxylic acids is 4. The molecule has 7 rings (SSSR count). The van der Waals surface area contributed by atoms with Crippen molar-refractivity contribution in [1.29, 1.82) is 0 Å². The van der Waals surface area contributed by atoms with Crippen molar-refractivity contribution < 1.29 is 33.8 Å². The van der Waals surface area contributed by atoms with Crippen LogP contribution in [-0.4, -0.2) is 77.2 Å². The molecule has 2 bridgehead atoms. The predicted molar refractivity (Wildman–Crippen MR) is 210 cm³/mol. The van der Waals surface area contributed by atoms with Crippen LogP contribution in [0.4, 0.5) is 5.69 Å². The Bertz CT molecular complexity index is 2060. The summed E-state index contributed by atoms with van der Waals surface area (Å²) in [6.07, 6.45) is 3.67. The third-order valence-corrected chi connectivity index (χ3v) is 11.3. The number of nitrogens with zero attached hydrogens (tertiary/aromatic N) is 2. The maximum Gasteiger partial charge on any atom is 0.313 e. The molecule has 7 atom stereocenters. The Morgan fingerprint density at radius 1 is 0.964 bits per heavy atom. The number of aliphatic hydroxyl groups excluding tert-OH is 1. The van der Waals surface area contributed by atoms with Gasteiger partial charge in [-0.05, 0) is 59.7 Å². The first kappa shape index (κ1) is 37.7. The van der Waals surface area contributed by atoms with Crippen molar-refractivity contribution in [3.05, 3.63) is 140 Å². The van der Waals surface area contributed by atoms with Gasteiger partial charge in [-0.15, -0.1) is 13.2 Å². The van der Waals surface area contributed by atoms with E-state index in [2.05, 4.69) is 18.5 Å². The van der Waals surface area contributed by atoms with Crippen LogP contribution in [0.2, 0.25) is 0 Å². The summed E-state index contributed by atoms with van der Waals surface area (Å²) in [5.74, 6) is -3.67. The lowest BCUT2D eigenvalue weighted by atomic mass is 9.70. The molecule has 3 heterocycles. The molecule has 0 saturated carbocycles. The van der Waals surface area contributed by atoms with E-state index in [4.69, 9.17) is 9.47 Å².